The Morgan fingerprint density at radius 3 is 2.53 bits per heavy atom. The monoisotopic (exact) mass is 239 g/mol. The van der Waals surface area contributed by atoms with Crippen molar-refractivity contribution in [2.45, 2.75) is 39.3 Å². The van der Waals surface area contributed by atoms with Crippen LogP contribution >= 0.6 is 0 Å². The highest BCUT2D eigenvalue weighted by atomic mass is 16.4. The van der Waals surface area contributed by atoms with E-state index in [0.29, 0.717) is 0 Å². The van der Waals surface area contributed by atoms with Gasteiger partial charge in [-0.3, -0.25) is 14.4 Å². The smallest absolute Gasteiger partial charge is 0.317 e. The van der Waals surface area contributed by atoms with Crippen molar-refractivity contribution < 1.29 is 9.90 Å². The third-order valence-corrected chi connectivity index (χ3v) is 2.92. The molecule has 0 aliphatic heterocycles. The maximum Gasteiger partial charge on any atom is 0.317 e. The molecule has 1 heterocycles. The van der Waals surface area contributed by atoms with Crippen LogP contribution in [-0.4, -0.2) is 37.8 Å². The van der Waals surface area contributed by atoms with Crippen molar-refractivity contribution in [1.29, 1.82) is 0 Å². The van der Waals surface area contributed by atoms with Crippen LogP contribution in [0.25, 0.3) is 0 Å². The molecule has 0 fully saturated rings. The highest BCUT2D eigenvalue weighted by molar-refractivity contribution is 5.69. The molecule has 0 radical (unpaired) electrons. The van der Waals surface area contributed by atoms with Crippen LogP contribution in [0.5, 0.6) is 0 Å². The first-order valence-electron chi connectivity index (χ1n) is 5.70. The number of aliphatic carboxylic acids is 1. The normalized spacial score (nSPS) is 14.0. The lowest BCUT2D eigenvalue weighted by molar-refractivity contribution is -0.140. The molecule has 96 valence electrons. The predicted molar refractivity (Wildman–Crippen MR) is 65.7 cm³/mol. The standard InChI is InChI=1S/C12H21N3O2/c1-9(10-6-7-13-14(10)5)15(8-11(16)17)12(2,3)4/h6-7,9H,8H2,1-5H3,(H,16,17). The van der Waals surface area contributed by atoms with Crippen LogP contribution in [0.2, 0.25) is 0 Å². The van der Waals surface area contributed by atoms with E-state index in [2.05, 4.69) is 5.10 Å². The maximum absolute atomic E-state index is 11.0. The van der Waals surface area contributed by atoms with Crippen molar-refractivity contribution in [3.63, 3.8) is 0 Å². The topological polar surface area (TPSA) is 58.4 Å². The minimum atomic E-state index is -0.811. The van der Waals surface area contributed by atoms with Gasteiger partial charge in [0.15, 0.2) is 0 Å². The molecule has 0 spiro atoms. The van der Waals surface area contributed by atoms with Crippen molar-refractivity contribution in [3.05, 3.63) is 18.0 Å². The Labute approximate surface area is 102 Å². The molecule has 0 saturated heterocycles. The molecule has 0 aromatic carbocycles. The number of aromatic nitrogens is 2. The first-order valence-corrected chi connectivity index (χ1v) is 5.70. The van der Waals surface area contributed by atoms with Gasteiger partial charge in [-0.05, 0) is 33.8 Å². The van der Waals surface area contributed by atoms with Gasteiger partial charge < -0.3 is 5.11 Å². The molecule has 0 bridgehead atoms. The van der Waals surface area contributed by atoms with E-state index >= 15 is 0 Å². The van der Waals surface area contributed by atoms with Crippen LogP contribution < -0.4 is 0 Å². The third-order valence-electron chi connectivity index (χ3n) is 2.92. The zero-order valence-electron chi connectivity index (χ0n) is 11.1. The lowest BCUT2D eigenvalue weighted by atomic mass is 10.0. The third kappa shape index (κ3) is 3.30. The zero-order valence-corrected chi connectivity index (χ0v) is 11.1. The van der Waals surface area contributed by atoms with Crippen LogP contribution in [0.3, 0.4) is 0 Å². The number of hydrogen-bond donors (Lipinski definition) is 1. The quantitative estimate of drug-likeness (QED) is 0.868. The van der Waals surface area contributed by atoms with Crippen molar-refractivity contribution in [3.8, 4) is 0 Å². The molecule has 0 aliphatic carbocycles. The van der Waals surface area contributed by atoms with Gasteiger partial charge in [0.25, 0.3) is 0 Å². The molecule has 17 heavy (non-hydrogen) atoms. The molecular formula is C12H21N3O2. The SMILES string of the molecule is CC(c1ccnn1C)N(CC(=O)O)C(C)(C)C. The molecule has 5 heteroatoms. The number of nitrogens with zero attached hydrogens (tertiary/aromatic N) is 3. The zero-order chi connectivity index (χ0) is 13.2. The first-order chi connectivity index (χ1) is 7.73. The Bertz CT molecular complexity index is 393. The lowest BCUT2D eigenvalue weighted by Crippen LogP contribution is -2.46. The summed E-state index contributed by atoms with van der Waals surface area (Å²) in [5, 5.41) is 13.1. The van der Waals surface area contributed by atoms with E-state index in [0.717, 1.165) is 5.69 Å². The van der Waals surface area contributed by atoms with E-state index < -0.39 is 5.97 Å². The molecule has 0 aliphatic rings. The van der Waals surface area contributed by atoms with E-state index in [1.807, 2.05) is 45.7 Å². The van der Waals surface area contributed by atoms with Crippen LogP contribution in [0.4, 0.5) is 0 Å². The van der Waals surface area contributed by atoms with Gasteiger partial charge in [-0.2, -0.15) is 5.10 Å². The highest BCUT2D eigenvalue weighted by Crippen LogP contribution is 2.26. The second kappa shape index (κ2) is 4.87. The molecule has 0 amide bonds. The number of carbonyl (C=O) groups is 1. The van der Waals surface area contributed by atoms with Gasteiger partial charge in [0, 0.05) is 24.8 Å². The van der Waals surface area contributed by atoms with Gasteiger partial charge in [0.2, 0.25) is 0 Å². The van der Waals surface area contributed by atoms with Gasteiger partial charge in [-0.15, -0.1) is 0 Å². The molecule has 1 N–H and O–H groups in total. The second-order valence-electron chi connectivity index (χ2n) is 5.25. The van der Waals surface area contributed by atoms with E-state index in [-0.39, 0.29) is 18.1 Å². The van der Waals surface area contributed by atoms with Crippen LogP contribution in [0.1, 0.15) is 39.4 Å². The largest absolute Gasteiger partial charge is 0.480 e. The summed E-state index contributed by atoms with van der Waals surface area (Å²) in [4.78, 5) is 12.9. The summed E-state index contributed by atoms with van der Waals surface area (Å²) >= 11 is 0. The molecule has 1 unspecified atom stereocenters. The van der Waals surface area contributed by atoms with E-state index in [1.165, 1.54) is 0 Å². The first kappa shape index (κ1) is 13.7. The molecular weight excluding hydrogens is 218 g/mol. The number of carboxylic acids is 1. The Balaban J connectivity index is 2.99. The van der Waals surface area contributed by atoms with Gasteiger partial charge >= 0.3 is 5.97 Å². The summed E-state index contributed by atoms with van der Waals surface area (Å²) in [5.74, 6) is -0.811. The maximum atomic E-state index is 11.0. The molecule has 5 nitrogen and oxygen atoms in total. The Morgan fingerprint density at radius 1 is 1.59 bits per heavy atom. The fraction of sp³-hybridized carbons (Fsp3) is 0.667. The summed E-state index contributed by atoms with van der Waals surface area (Å²) in [6.45, 7) is 8.08. The predicted octanol–water partition coefficient (Wildman–Crippen LogP) is 1.67. The summed E-state index contributed by atoms with van der Waals surface area (Å²) in [5.41, 5.74) is 0.809. The Hall–Kier alpha value is -1.36. The number of aryl methyl sites for hydroxylation is 1. The lowest BCUT2D eigenvalue weighted by Gasteiger charge is -2.39. The van der Waals surface area contributed by atoms with Gasteiger partial charge in [-0.25, -0.2) is 0 Å². The number of carboxylic acid groups (broad SMARTS) is 1. The second-order valence-corrected chi connectivity index (χ2v) is 5.25. The fourth-order valence-corrected chi connectivity index (χ4v) is 2.05. The van der Waals surface area contributed by atoms with Gasteiger partial charge in [-0.1, -0.05) is 0 Å². The molecule has 0 saturated carbocycles. The molecule has 1 rings (SSSR count). The summed E-state index contributed by atoms with van der Waals surface area (Å²) in [6.07, 6.45) is 1.73. The minimum absolute atomic E-state index is 0.0126. The summed E-state index contributed by atoms with van der Waals surface area (Å²) < 4.78 is 1.78. The van der Waals surface area contributed by atoms with Crippen LogP contribution in [0, 0.1) is 0 Å². The van der Waals surface area contributed by atoms with Crippen molar-refractivity contribution in [2.24, 2.45) is 7.05 Å². The molecule has 1 aromatic heterocycles. The fourth-order valence-electron chi connectivity index (χ4n) is 2.05. The van der Waals surface area contributed by atoms with E-state index in [9.17, 15) is 4.79 Å². The highest BCUT2D eigenvalue weighted by Gasteiger charge is 2.30. The molecule has 1 atom stereocenters. The van der Waals surface area contributed by atoms with Crippen molar-refractivity contribution in [2.75, 3.05) is 6.54 Å². The van der Waals surface area contributed by atoms with Gasteiger partial charge in [0.1, 0.15) is 0 Å². The van der Waals surface area contributed by atoms with E-state index in [4.69, 9.17) is 5.11 Å². The molecule has 1 aromatic rings. The van der Waals surface area contributed by atoms with E-state index in [1.54, 1.807) is 10.9 Å². The average Bonchev–Trinajstić information content (AvgIpc) is 2.58. The minimum Gasteiger partial charge on any atom is -0.480 e. The van der Waals surface area contributed by atoms with Crippen molar-refractivity contribution >= 4 is 5.97 Å². The Kier molecular flexibility index (Phi) is 3.93. The summed E-state index contributed by atoms with van der Waals surface area (Å²) in [7, 11) is 1.87. The van der Waals surface area contributed by atoms with Gasteiger partial charge in [0.05, 0.1) is 12.2 Å². The number of rotatable bonds is 4. The van der Waals surface area contributed by atoms with Crippen LogP contribution in [-0.2, 0) is 11.8 Å². The number of hydrogen-bond acceptors (Lipinski definition) is 3. The Morgan fingerprint density at radius 2 is 2.18 bits per heavy atom. The summed E-state index contributed by atoms with van der Waals surface area (Å²) in [6, 6.07) is 1.93. The van der Waals surface area contributed by atoms with Crippen molar-refractivity contribution in [1.82, 2.24) is 14.7 Å². The van der Waals surface area contributed by atoms with Crippen LogP contribution in [0.15, 0.2) is 12.3 Å². The average molecular weight is 239 g/mol.